The Hall–Kier alpha value is -5.09. The Kier molecular flexibility index (Phi) is 7.18. The summed E-state index contributed by atoms with van der Waals surface area (Å²) in [6, 6.07) is 53.7. The van der Waals surface area contributed by atoms with Crippen molar-refractivity contribution in [3.63, 3.8) is 0 Å². The first-order valence-corrected chi connectivity index (χ1v) is 21.1. The Morgan fingerprint density at radius 3 is 2.06 bits per heavy atom. The van der Waals surface area contributed by atoms with Crippen LogP contribution in [-0.4, -0.2) is 8.80 Å². The van der Waals surface area contributed by atoms with Crippen molar-refractivity contribution < 1.29 is 0 Å². The predicted molar refractivity (Wildman–Crippen MR) is 216 cm³/mol. The smallest absolute Gasteiger partial charge is 0.0756 e. The summed E-state index contributed by atoms with van der Waals surface area (Å²) in [5.74, 6) is 0.836. The molecule has 0 N–H and O–H groups in total. The molecule has 240 valence electrons. The molecule has 6 aromatic rings. The van der Waals surface area contributed by atoms with Crippen LogP contribution in [0.4, 0.5) is 11.4 Å². The number of hydrogen-bond donors (Lipinski definition) is 0. The lowest BCUT2D eigenvalue weighted by Gasteiger charge is -2.36. The highest BCUT2D eigenvalue weighted by atomic mass is 32.2. The lowest BCUT2D eigenvalue weighted by Crippen LogP contribution is -2.27. The van der Waals surface area contributed by atoms with Crippen molar-refractivity contribution in [1.82, 2.24) is 0 Å². The van der Waals surface area contributed by atoms with E-state index >= 15 is 0 Å². The lowest BCUT2D eigenvalue weighted by atomic mass is 9.81. The number of allylic oxidation sites excluding steroid dienone is 7. The largest absolute Gasteiger partial charge is 0.314 e. The molecule has 10 rings (SSSR count). The van der Waals surface area contributed by atoms with Crippen LogP contribution in [-0.2, 0) is 0 Å². The van der Waals surface area contributed by atoms with Gasteiger partial charge in [-0.05, 0) is 98.6 Å². The van der Waals surface area contributed by atoms with Gasteiger partial charge < -0.3 is 4.90 Å². The summed E-state index contributed by atoms with van der Waals surface area (Å²) >= 11 is 2.05. The topological polar surface area (TPSA) is 3.24 Å². The normalized spacial score (nSPS) is 21.6. The molecule has 0 amide bonds. The molecule has 1 saturated heterocycles. The molecule has 4 aliphatic rings. The minimum atomic E-state index is -1.23. The minimum Gasteiger partial charge on any atom is -0.314 e. The van der Waals surface area contributed by atoms with Gasteiger partial charge in [-0.3, -0.25) is 0 Å². The molecule has 3 heteroatoms. The molecule has 2 aliphatic carbocycles. The van der Waals surface area contributed by atoms with Crippen molar-refractivity contribution in [2.75, 3.05) is 4.90 Å². The summed E-state index contributed by atoms with van der Waals surface area (Å²) in [7, 11) is -1.23. The fraction of sp³-hybridized carbons (Fsp3) is 0.106. The van der Waals surface area contributed by atoms with E-state index in [9.17, 15) is 0 Å². The van der Waals surface area contributed by atoms with Crippen LogP contribution in [0.15, 0.2) is 196 Å². The number of hydrogen-bond acceptors (Lipinski definition) is 2. The van der Waals surface area contributed by atoms with Gasteiger partial charge in [0.2, 0.25) is 0 Å². The van der Waals surface area contributed by atoms with E-state index < -0.39 is 8.80 Å². The molecular formula is C47H37NSSi. The number of fused-ring (bicyclic) bond motifs is 7. The van der Waals surface area contributed by atoms with E-state index in [1.165, 1.54) is 60.6 Å². The number of benzene rings is 6. The average Bonchev–Trinajstić information content (AvgIpc) is 3.71. The monoisotopic (exact) mass is 675 g/mol. The van der Waals surface area contributed by atoms with Gasteiger partial charge in [-0.1, -0.05) is 151 Å². The van der Waals surface area contributed by atoms with Crippen LogP contribution < -0.4 is 4.90 Å². The first kappa shape index (κ1) is 29.8. The van der Waals surface area contributed by atoms with Crippen LogP contribution in [0, 0.1) is 5.92 Å². The van der Waals surface area contributed by atoms with Gasteiger partial charge in [0.15, 0.2) is 0 Å². The van der Waals surface area contributed by atoms with E-state index in [1.54, 1.807) is 15.7 Å². The van der Waals surface area contributed by atoms with Gasteiger partial charge in [0.05, 0.1) is 8.80 Å². The fourth-order valence-corrected chi connectivity index (χ4v) is 13.6. The van der Waals surface area contributed by atoms with E-state index in [1.807, 2.05) is 0 Å². The molecule has 4 atom stereocenters. The van der Waals surface area contributed by atoms with Gasteiger partial charge in [-0.25, -0.2) is 0 Å². The van der Waals surface area contributed by atoms with E-state index in [0.29, 0.717) is 17.4 Å². The molecule has 0 bridgehead atoms. The maximum atomic E-state index is 2.64. The van der Waals surface area contributed by atoms with Gasteiger partial charge in [0.25, 0.3) is 0 Å². The molecule has 0 saturated carbocycles. The van der Waals surface area contributed by atoms with Crippen molar-refractivity contribution in [3.8, 4) is 22.3 Å². The quantitative estimate of drug-likeness (QED) is 0.167. The zero-order valence-electron chi connectivity index (χ0n) is 28.0. The molecule has 4 unspecified atom stereocenters. The Morgan fingerprint density at radius 2 is 1.28 bits per heavy atom. The first-order valence-electron chi connectivity index (χ1n) is 17.9. The second kappa shape index (κ2) is 12.0. The molecule has 0 spiro atoms. The van der Waals surface area contributed by atoms with Crippen molar-refractivity contribution >= 4 is 42.7 Å². The van der Waals surface area contributed by atoms with Crippen molar-refractivity contribution in [2.24, 2.45) is 5.92 Å². The van der Waals surface area contributed by atoms with E-state index in [4.69, 9.17) is 0 Å². The summed E-state index contributed by atoms with van der Waals surface area (Å²) in [6.07, 6.45) is 11.1. The molecule has 6 aromatic carbocycles. The summed E-state index contributed by atoms with van der Waals surface area (Å²) in [4.78, 5) is 5.62. The highest BCUT2D eigenvalue weighted by Gasteiger charge is 2.49. The molecule has 1 fully saturated rings. The second-order valence-corrected chi connectivity index (χ2v) is 18.1. The van der Waals surface area contributed by atoms with Gasteiger partial charge in [-0.15, -0.1) is 0 Å². The van der Waals surface area contributed by atoms with E-state index in [-0.39, 0.29) is 0 Å². The highest BCUT2D eigenvalue weighted by Crippen LogP contribution is 2.62. The van der Waals surface area contributed by atoms with Crippen molar-refractivity contribution in [1.29, 1.82) is 0 Å². The number of nitrogens with zero attached hydrogens (tertiary/aromatic N) is 1. The number of thioether (sulfide) groups is 1. The zero-order valence-corrected chi connectivity index (χ0v) is 30.0. The first-order chi connectivity index (χ1) is 24.7. The standard InChI is InChI=1S/C47H37NSSi/c1-50-43-17-9-15-41(45(43)46-44(50)29-28-40-39-14-7-8-16-42(39)49-47(40)46)48(37-24-20-33(21-25-37)31-10-3-2-4-11-31)38-26-22-34(23-27-38)36-19-18-32-12-5-6-13-35(32)30-36/h2-27,29-30,40,43,45,50H,28H2,1H3. The Labute approximate surface area is 300 Å². The van der Waals surface area contributed by atoms with Gasteiger partial charge >= 0.3 is 0 Å². The maximum Gasteiger partial charge on any atom is 0.0756 e. The third-order valence-electron chi connectivity index (χ3n) is 11.4. The molecule has 2 aliphatic heterocycles. The van der Waals surface area contributed by atoms with Gasteiger partial charge in [0, 0.05) is 38.7 Å². The number of rotatable bonds is 5. The van der Waals surface area contributed by atoms with Crippen LogP contribution in [0.3, 0.4) is 0 Å². The summed E-state index contributed by atoms with van der Waals surface area (Å²) in [5, 5.41) is 4.25. The van der Waals surface area contributed by atoms with Crippen LogP contribution in [0.5, 0.6) is 0 Å². The zero-order chi connectivity index (χ0) is 33.2. The summed E-state index contributed by atoms with van der Waals surface area (Å²) in [5.41, 5.74) is 12.5. The third kappa shape index (κ3) is 4.83. The Balaban J connectivity index is 1.10. The Morgan fingerprint density at radius 1 is 0.640 bits per heavy atom. The molecule has 50 heavy (non-hydrogen) atoms. The summed E-state index contributed by atoms with van der Waals surface area (Å²) < 4.78 is 0. The van der Waals surface area contributed by atoms with Crippen LogP contribution >= 0.6 is 11.8 Å². The molecule has 0 radical (unpaired) electrons. The minimum absolute atomic E-state index is 0.349. The third-order valence-corrected chi connectivity index (χ3v) is 16.0. The van der Waals surface area contributed by atoms with Gasteiger partial charge in [-0.2, -0.15) is 0 Å². The van der Waals surface area contributed by atoms with Gasteiger partial charge in [0.1, 0.15) is 0 Å². The van der Waals surface area contributed by atoms with Crippen molar-refractivity contribution in [2.45, 2.75) is 29.3 Å². The molecule has 2 heterocycles. The van der Waals surface area contributed by atoms with Crippen LogP contribution in [0.1, 0.15) is 17.9 Å². The summed E-state index contributed by atoms with van der Waals surface area (Å²) in [6.45, 7) is 2.59. The SMILES string of the molecule is C[SiH]1C2=CCC3C(=C2C2C(N(c4ccc(-c5ccccc5)cc4)c4ccc(-c5ccc6ccccc6c5)cc4)=CC=CC21)Sc1ccccc13. The van der Waals surface area contributed by atoms with Crippen LogP contribution in [0.2, 0.25) is 12.1 Å². The van der Waals surface area contributed by atoms with E-state index in [2.05, 4.69) is 193 Å². The molecule has 1 nitrogen and oxygen atoms in total. The number of anilines is 2. The second-order valence-electron chi connectivity index (χ2n) is 14.0. The predicted octanol–water partition coefficient (Wildman–Crippen LogP) is 12.6. The average molecular weight is 676 g/mol. The van der Waals surface area contributed by atoms with Crippen molar-refractivity contribution in [3.05, 3.63) is 197 Å². The lowest BCUT2D eigenvalue weighted by molar-refractivity contribution is 0.703. The highest BCUT2D eigenvalue weighted by molar-refractivity contribution is 8.03. The molecule has 0 aromatic heterocycles. The Bertz CT molecular complexity index is 2400. The van der Waals surface area contributed by atoms with E-state index in [0.717, 1.165) is 6.42 Å². The van der Waals surface area contributed by atoms with Crippen LogP contribution in [0.25, 0.3) is 33.0 Å². The maximum absolute atomic E-state index is 2.64. The molecular weight excluding hydrogens is 639 g/mol. The fourth-order valence-electron chi connectivity index (χ4n) is 8.89.